The summed E-state index contributed by atoms with van der Waals surface area (Å²) < 4.78 is 31.4. The third-order valence-electron chi connectivity index (χ3n) is 3.75. The minimum atomic E-state index is -3.50. The second-order valence-electron chi connectivity index (χ2n) is 5.81. The number of aromatic nitrogens is 2. The minimum absolute atomic E-state index is 0.199. The average Bonchev–Trinajstić information content (AvgIpc) is 3.37. The van der Waals surface area contributed by atoms with E-state index in [1.165, 1.54) is 42.3 Å². The van der Waals surface area contributed by atoms with Crippen LogP contribution in [0.2, 0.25) is 0 Å². The van der Waals surface area contributed by atoms with Crippen molar-refractivity contribution < 1.29 is 12.8 Å². The van der Waals surface area contributed by atoms with Gasteiger partial charge in [0, 0.05) is 25.2 Å². The molecule has 0 aliphatic carbocycles. The summed E-state index contributed by atoms with van der Waals surface area (Å²) in [5.74, 6) is 0.636. The summed E-state index contributed by atoms with van der Waals surface area (Å²) in [6, 6.07) is 8.78. The first-order valence-electron chi connectivity index (χ1n) is 7.88. The van der Waals surface area contributed by atoms with Crippen molar-refractivity contribution in [2.24, 2.45) is 0 Å². The zero-order valence-electron chi connectivity index (χ0n) is 14.4. The number of thiazole rings is 1. The number of thiophene rings is 1. The quantitative estimate of drug-likeness (QED) is 0.412. The topological polar surface area (TPSA) is 76.3 Å². The van der Waals surface area contributed by atoms with E-state index in [0.29, 0.717) is 22.1 Å². The van der Waals surface area contributed by atoms with Crippen LogP contribution in [0.25, 0.3) is 21.0 Å². The molecule has 0 saturated carbocycles. The maximum Gasteiger partial charge on any atom is 0.257 e. The predicted octanol–water partition coefficient (Wildman–Crippen LogP) is 4.56. The maximum absolute atomic E-state index is 12.2. The molecule has 0 N–H and O–H groups in total. The molecular weight excluding hydrogens is 422 g/mol. The van der Waals surface area contributed by atoms with Gasteiger partial charge in [0.05, 0.1) is 15.5 Å². The smallest absolute Gasteiger partial charge is 0.257 e. The Morgan fingerprint density at radius 3 is 2.78 bits per heavy atom. The number of hydrogen-bond acceptors (Lipinski definition) is 8. The van der Waals surface area contributed by atoms with Crippen molar-refractivity contribution in [2.75, 3.05) is 14.1 Å². The Bertz CT molecular complexity index is 1180. The largest absolute Gasteiger partial charge is 0.431 e. The molecule has 0 amide bonds. The molecule has 0 aliphatic heterocycles. The van der Waals surface area contributed by atoms with Gasteiger partial charge in [-0.05, 0) is 29.6 Å². The maximum atomic E-state index is 12.2. The Morgan fingerprint density at radius 2 is 2.04 bits per heavy atom. The number of rotatable bonds is 6. The van der Waals surface area contributed by atoms with Crippen molar-refractivity contribution in [1.29, 1.82) is 0 Å². The molecule has 27 heavy (non-hydrogen) atoms. The van der Waals surface area contributed by atoms with E-state index in [1.54, 1.807) is 28.7 Å². The highest BCUT2D eigenvalue weighted by molar-refractivity contribution is 7.98. The van der Waals surface area contributed by atoms with Crippen molar-refractivity contribution >= 4 is 55.6 Å². The molecule has 0 bridgehead atoms. The first-order chi connectivity index (χ1) is 12.9. The van der Waals surface area contributed by atoms with Gasteiger partial charge in [0.25, 0.3) is 5.22 Å². The number of hydrogen-bond donors (Lipinski definition) is 0. The summed E-state index contributed by atoms with van der Waals surface area (Å²) in [6.07, 6.45) is 0. The summed E-state index contributed by atoms with van der Waals surface area (Å²) in [7, 11) is -0.492. The molecule has 0 spiro atoms. The van der Waals surface area contributed by atoms with Gasteiger partial charge in [0.15, 0.2) is 5.58 Å². The monoisotopic (exact) mass is 437 g/mol. The van der Waals surface area contributed by atoms with Crippen LogP contribution < -0.4 is 0 Å². The van der Waals surface area contributed by atoms with Crippen LogP contribution in [0.3, 0.4) is 0 Å². The van der Waals surface area contributed by atoms with Crippen LogP contribution in [0.4, 0.5) is 0 Å². The molecule has 0 fully saturated rings. The van der Waals surface area contributed by atoms with Gasteiger partial charge in [-0.3, -0.25) is 0 Å². The Morgan fingerprint density at radius 1 is 1.19 bits per heavy atom. The molecule has 0 aliphatic rings. The lowest BCUT2D eigenvalue weighted by Crippen LogP contribution is -2.22. The zero-order valence-corrected chi connectivity index (χ0v) is 17.7. The zero-order chi connectivity index (χ0) is 19.0. The third-order valence-corrected chi connectivity index (χ3v) is 8.35. The van der Waals surface area contributed by atoms with Gasteiger partial charge in [0.2, 0.25) is 10.0 Å². The number of benzene rings is 1. The lowest BCUT2D eigenvalue weighted by Gasteiger charge is -2.10. The van der Waals surface area contributed by atoms with Crippen LogP contribution in [0.1, 0.15) is 5.69 Å². The van der Waals surface area contributed by atoms with Crippen LogP contribution in [0.5, 0.6) is 0 Å². The van der Waals surface area contributed by atoms with Gasteiger partial charge in [0.1, 0.15) is 10.5 Å². The van der Waals surface area contributed by atoms with Gasteiger partial charge in [-0.25, -0.2) is 22.7 Å². The number of oxazole rings is 1. The number of nitrogens with zero attached hydrogens (tertiary/aromatic N) is 3. The lowest BCUT2D eigenvalue weighted by molar-refractivity contribution is 0.489. The van der Waals surface area contributed by atoms with Gasteiger partial charge in [-0.2, -0.15) is 0 Å². The normalized spacial score (nSPS) is 12.3. The van der Waals surface area contributed by atoms with Gasteiger partial charge in [-0.1, -0.05) is 17.8 Å². The molecule has 0 saturated heterocycles. The Kier molecular flexibility index (Phi) is 5.08. The molecule has 0 atom stereocenters. The molecule has 4 rings (SSSR count). The third kappa shape index (κ3) is 3.81. The number of thioether (sulfide) groups is 1. The molecule has 3 aromatic heterocycles. The molecule has 10 heteroatoms. The van der Waals surface area contributed by atoms with E-state index in [1.807, 2.05) is 16.8 Å². The van der Waals surface area contributed by atoms with Gasteiger partial charge in [-0.15, -0.1) is 22.7 Å². The molecule has 1 aromatic carbocycles. The van der Waals surface area contributed by atoms with Crippen LogP contribution in [-0.2, 0) is 15.8 Å². The number of fused-ring (bicyclic) bond motifs is 1. The van der Waals surface area contributed by atoms with E-state index in [2.05, 4.69) is 16.0 Å². The Balaban J connectivity index is 1.51. The highest BCUT2D eigenvalue weighted by Crippen LogP contribution is 2.31. The van der Waals surface area contributed by atoms with Crippen LogP contribution in [-0.4, -0.2) is 36.8 Å². The van der Waals surface area contributed by atoms with Crippen LogP contribution in [0, 0.1) is 0 Å². The van der Waals surface area contributed by atoms with E-state index in [-0.39, 0.29) is 4.90 Å². The standard InChI is InChI=1S/C17H15N3O3S4/c1-20(2)27(21,22)12-5-6-14-13(8-12)19-17(23-14)26-10-11-9-25-16(18-11)15-4-3-7-24-15/h3-9H,10H2,1-2H3. The molecule has 140 valence electrons. The average molecular weight is 438 g/mol. The molecule has 0 unspecified atom stereocenters. The van der Waals surface area contributed by atoms with Crippen molar-refractivity contribution in [2.45, 2.75) is 15.9 Å². The Labute approximate surface area is 168 Å². The minimum Gasteiger partial charge on any atom is -0.431 e. The fourth-order valence-corrected chi connectivity index (χ4v) is 5.73. The van der Waals surface area contributed by atoms with Crippen molar-refractivity contribution in [3.8, 4) is 9.88 Å². The van der Waals surface area contributed by atoms with Crippen LogP contribution >= 0.6 is 34.4 Å². The highest BCUT2D eigenvalue weighted by atomic mass is 32.2. The molecule has 0 radical (unpaired) electrons. The predicted molar refractivity (Wildman–Crippen MR) is 110 cm³/mol. The molecular formula is C17H15N3O3S4. The second-order valence-corrected chi connectivity index (χ2v) is 10.7. The Hall–Kier alpha value is -1.72. The van der Waals surface area contributed by atoms with E-state index in [0.717, 1.165) is 15.6 Å². The SMILES string of the molecule is CN(C)S(=O)(=O)c1ccc2oc(SCc3csc(-c4cccs4)n3)nc2c1. The fraction of sp³-hybridized carbons (Fsp3) is 0.176. The van der Waals surface area contributed by atoms with Crippen LogP contribution in [0.15, 0.2) is 55.6 Å². The first kappa shape index (κ1) is 18.6. The molecule has 3 heterocycles. The molecule has 4 aromatic rings. The first-order valence-corrected chi connectivity index (χ1v) is 12.1. The van der Waals surface area contributed by atoms with Crippen molar-refractivity contribution in [3.63, 3.8) is 0 Å². The number of sulfonamides is 1. The van der Waals surface area contributed by atoms with E-state index >= 15 is 0 Å². The van der Waals surface area contributed by atoms with E-state index in [4.69, 9.17) is 4.42 Å². The summed E-state index contributed by atoms with van der Waals surface area (Å²) >= 11 is 4.73. The summed E-state index contributed by atoms with van der Waals surface area (Å²) in [5, 5.41) is 5.58. The lowest BCUT2D eigenvalue weighted by atomic mass is 10.3. The second kappa shape index (κ2) is 7.36. The summed E-state index contributed by atoms with van der Waals surface area (Å²) in [4.78, 5) is 10.4. The van der Waals surface area contributed by atoms with Crippen molar-refractivity contribution in [1.82, 2.24) is 14.3 Å². The summed E-state index contributed by atoms with van der Waals surface area (Å²) in [6.45, 7) is 0. The summed E-state index contributed by atoms with van der Waals surface area (Å²) in [5.41, 5.74) is 2.05. The van der Waals surface area contributed by atoms with E-state index in [9.17, 15) is 8.42 Å². The highest BCUT2D eigenvalue weighted by Gasteiger charge is 2.19. The van der Waals surface area contributed by atoms with E-state index < -0.39 is 10.0 Å². The van der Waals surface area contributed by atoms with Crippen molar-refractivity contribution in [3.05, 3.63) is 46.8 Å². The van der Waals surface area contributed by atoms with Gasteiger partial charge >= 0.3 is 0 Å². The van der Waals surface area contributed by atoms with Gasteiger partial charge < -0.3 is 4.42 Å². The fourth-order valence-electron chi connectivity index (χ4n) is 2.34. The molecule has 6 nitrogen and oxygen atoms in total.